The van der Waals surface area contributed by atoms with E-state index in [1.165, 1.54) is 12.0 Å². The van der Waals surface area contributed by atoms with Gasteiger partial charge in [-0.05, 0) is 43.7 Å². The monoisotopic (exact) mass is 429 g/mol. The number of ketones is 1. The predicted molar refractivity (Wildman–Crippen MR) is 115 cm³/mol. The summed E-state index contributed by atoms with van der Waals surface area (Å²) in [5.41, 5.74) is 1.10. The molecule has 0 bridgehead atoms. The Morgan fingerprint density at radius 1 is 1.17 bits per heavy atom. The molecule has 2 aromatic rings. The van der Waals surface area contributed by atoms with Crippen molar-refractivity contribution in [3.05, 3.63) is 70.3 Å². The standard InChI is InChI=1S/C23H24ClNO5/c1-14(2)30-18-6-4-5-16(13-18)21(26)19-20(15-7-9-17(24)10-8-15)25(11-12-29-3)23(28)22(19)27/h4-10,13-14,20,26H,11-12H2,1-3H3/b21-19-. The smallest absolute Gasteiger partial charge is 0.295 e. The van der Waals surface area contributed by atoms with E-state index in [0.29, 0.717) is 21.9 Å². The van der Waals surface area contributed by atoms with Crippen LogP contribution in [0, 0.1) is 0 Å². The van der Waals surface area contributed by atoms with Crippen LogP contribution < -0.4 is 4.74 Å². The zero-order valence-electron chi connectivity index (χ0n) is 17.1. The number of carbonyl (C=O) groups is 2. The van der Waals surface area contributed by atoms with Crippen LogP contribution >= 0.6 is 11.6 Å². The van der Waals surface area contributed by atoms with E-state index in [2.05, 4.69) is 0 Å². The third-order valence-corrected chi connectivity index (χ3v) is 4.99. The Bertz CT molecular complexity index is 968. The Balaban J connectivity index is 2.12. The van der Waals surface area contributed by atoms with Gasteiger partial charge >= 0.3 is 0 Å². The Labute approximate surface area is 180 Å². The fourth-order valence-electron chi connectivity index (χ4n) is 3.44. The zero-order chi connectivity index (χ0) is 21.8. The Hall–Kier alpha value is -2.83. The first-order valence-corrected chi connectivity index (χ1v) is 10.0. The van der Waals surface area contributed by atoms with Crippen molar-refractivity contribution in [1.82, 2.24) is 4.90 Å². The van der Waals surface area contributed by atoms with Gasteiger partial charge in [0.2, 0.25) is 0 Å². The van der Waals surface area contributed by atoms with Crippen molar-refractivity contribution in [2.24, 2.45) is 0 Å². The fourth-order valence-corrected chi connectivity index (χ4v) is 3.56. The number of carbonyl (C=O) groups excluding carboxylic acids is 2. The molecule has 1 saturated heterocycles. The molecule has 1 amide bonds. The lowest BCUT2D eigenvalue weighted by Gasteiger charge is -2.25. The lowest BCUT2D eigenvalue weighted by Crippen LogP contribution is -2.32. The van der Waals surface area contributed by atoms with Crippen molar-refractivity contribution < 1.29 is 24.2 Å². The first-order valence-electron chi connectivity index (χ1n) is 9.63. The molecule has 1 heterocycles. The number of rotatable bonds is 7. The van der Waals surface area contributed by atoms with Crippen LogP contribution in [0.2, 0.25) is 5.02 Å². The number of amides is 1. The summed E-state index contributed by atoms with van der Waals surface area (Å²) in [7, 11) is 1.52. The van der Waals surface area contributed by atoms with Crippen molar-refractivity contribution >= 4 is 29.1 Å². The number of methoxy groups -OCH3 is 1. The average Bonchev–Trinajstić information content (AvgIpc) is 2.96. The maximum atomic E-state index is 12.9. The molecule has 3 rings (SSSR count). The first kappa shape index (κ1) is 21.9. The summed E-state index contributed by atoms with van der Waals surface area (Å²) in [6, 6.07) is 12.9. The second kappa shape index (κ2) is 9.32. The molecular formula is C23H24ClNO5. The largest absolute Gasteiger partial charge is 0.507 e. The number of ether oxygens (including phenoxy) is 2. The van der Waals surface area contributed by atoms with Gasteiger partial charge in [0.15, 0.2) is 0 Å². The molecule has 0 aromatic heterocycles. The van der Waals surface area contributed by atoms with E-state index in [-0.39, 0.29) is 30.6 Å². The number of aliphatic hydroxyl groups is 1. The Morgan fingerprint density at radius 3 is 2.50 bits per heavy atom. The van der Waals surface area contributed by atoms with Crippen LogP contribution in [-0.2, 0) is 14.3 Å². The normalized spacial score (nSPS) is 18.3. The molecule has 30 heavy (non-hydrogen) atoms. The molecule has 0 radical (unpaired) electrons. The lowest BCUT2D eigenvalue weighted by molar-refractivity contribution is -0.140. The molecule has 0 spiro atoms. The number of likely N-dealkylation sites (tertiary alicyclic amines) is 1. The first-order chi connectivity index (χ1) is 14.3. The molecule has 0 saturated carbocycles. The van der Waals surface area contributed by atoms with E-state index in [1.54, 1.807) is 48.5 Å². The maximum Gasteiger partial charge on any atom is 0.295 e. The van der Waals surface area contributed by atoms with Crippen molar-refractivity contribution in [3.63, 3.8) is 0 Å². The highest BCUT2D eigenvalue weighted by Crippen LogP contribution is 2.39. The molecule has 1 aliphatic rings. The molecule has 158 valence electrons. The van der Waals surface area contributed by atoms with Gasteiger partial charge in [-0.25, -0.2) is 0 Å². The number of nitrogens with zero attached hydrogens (tertiary/aromatic N) is 1. The van der Waals surface area contributed by atoms with Gasteiger partial charge in [0.25, 0.3) is 11.7 Å². The summed E-state index contributed by atoms with van der Waals surface area (Å²) in [6.45, 7) is 4.26. The van der Waals surface area contributed by atoms with Gasteiger partial charge in [0.05, 0.1) is 24.3 Å². The second-order valence-corrected chi connectivity index (χ2v) is 7.67. The number of Topliss-reactive ketones (excluding diaryl/α,β-unsaturated/α-hetero) is 1. The van der Waals surface area contributed by atoms with Crippen LogP contribution in [0.1, 0.15) is 31.0 Å². The van der Waals surface area contributed by atoms with E-state index in [0.717, 1.165) is 0 Å². The van der Waals surface area contributed by atoms with E-state index >= 15 is 0 Å². The number of hydrogen-bond acceptors (Lipinski definition) is 5. The summed E-state index contributed by atoms with van der Waals surface area (Å²) >= 11 is 6.01. The SMILES string of the molecule is COCCN1C(=O)C(=O)/C(=C(\O)c2cccc(OC(C)C)c2)C1c1ccc(Cl)cc1. The quantitative estimate of drug-likeness (QED) is 0.405. The number of halogens is 1. The lowest BCUT2D eigenvalue weighted by atomic mass is 9.95. The molecular weight excluding hydrogens is 406 g/mol. The van der Waals surface area contributed by atoms with Gasteiger partial charge in [0.1, 0.15) is 11.5 Å². The highest BCUT2D eigenvalue weighted by Gasteiger charge is 2.45. The van der Waals surface area contributed by atoms with E-state index in [1.807, 2.05) is 13.8 Å². The zero-order valence-corrected chi connectivity index (χ0v) is 17.8. The van der Waals surface area contributed by atoms with E-state index in [4.69, 9.17) is 21.1 Å². The Morgan fingerprint density at radius 2 is 1.87 bits per heavy atom. The third kappa shape index (κ3) is 4.50. The van der Waals surface area contributed by atoms with Gasteiger partial charge in [-0.2, -0.15) is 0 Å². The molecule has 0 aliphatic carbocycles. The van der Waals surface area contributed by atoms with Crippen molar-refractivity contribution in [3.8, 4) is 5.75 Å². The molecule has 1 aliphatic heterocycles. The molecule has 1 N–H and O–H groups in total. The molecule has 2 aromatic carbocycles. The van der Waals surface area contributed by atoms with Gasteiger partial charge in [0, 0.05) is 24.2 Å². The summed E-state index contributed by atoms with van der Waals surface area (Å²) in [6.07, 6.45) is -0.0453. The van der Waals surface area contributed by atoms with Crippen molar-refractivity contribution in [2.75, 3.05) is 20.3 Å². The topological polar surface area (TPSA) is 76.1 Å². The number of aliphatic hydroxyl groups excluding tert-OH is 1. The van der Waals surface area contributed by atoms with Crippen LogP contribution in [0.3, 0.4) is 0 Å². The summed E-state index contributed by atoms with van der Waals surface area (Å²) in [5, 5.41) is 11.6. The average molecular weight is 430 g/mol. The number of hydrogen-bond donors (Lipinski definition) is 1. The molecule has 7 heteroatoms. The fraction of sp³-hybridized carbons (Fsp3) is 0.304. The van der Waals surface area contributed by atoms with Crippen LogP contribution in [-0.4, -0.2) is 48.1 Å². The predicted octanol–water partition coefficient (Wildman–Crippen LogP) is 4.20. The summed E-state index contributed by atoms with van der Waals surface area (Å²) < 4.78 is 10.8. The minimum atomic E-state index is -0.743. The van der Waals surface area contributed by atoms with Crippen molar-refractivity contribution in [2.45, 2.75) is 26.0 Å². The van der Waals surface area contributed by atoms with Crippen LogP contribution in [0.4, 0.5) is 0 Å². The third-order valence-electron chi connectivity index (χ3n) is 4.74. The van der Waals surface area contributed by atoms with Gasteiger partial charge in [-0.3, -0.25) is 9.59 Å². The van der Waals surface area contributed by atoms with Gasteiger partial charge in [-0.1, -0.05) is 35.9 Å². The highest BCUT2D eigenvalue weighted by molar-refractivity contribution is 6.46. The van der Waals surface area contributed by atoms with Crippen LogP contribution in [0.25, 0.3) is 5.76 Å². The summed E-state index contributed by atoms with van der Waals surface area (Å²) in [5.74, 6) is -1.10. The summed E-state index contributed by atoms with van der Waals surface area (Å²) in [4.78, 5) is 27.1. The second-order valence-electron chi connectivity index (χ2n) is 7.23. The molecule has 1 fully saturated rings. The Kier molecular flexibility index (Phi) is 6.80. The van der Waals surface area contributed by atoms with Gasteiger partial charge < -0.3 is 19.5 Å². The van der Waals surface area contributed by atoms with Crippen molar-refractivity contribution in [1.29, 1.82) is 0 Å². The maximum absolute atomic E-state index is 12.9. The van der Waals surface area contributed by atoms with Crippen LogP contribution in [0.5, 0.6) is 5.75 Å². The van der Waals surface area contributed by atoms with Gasteiger partial charge in [-0.15, -0.1) is 0 Å². The minimum Gasteiger partial charge on any atom is -0.507 e. The minimum absolute atomic E-state index is 0.0279. The molecule has 1 unspecified atom stereocenters. The molecule has 1 atom stereocenters. The van der Waals surface area contributed by atoms with E-state index in [9.17, 15) is 14.7 Å². The van der Waals surface area contributed by atoms with Crippen LogP contribution in [0.15, 0.2) is 54.1 Å². The molecule has 6 nitrogen and oxygen atoms in total. The highest BCUT2D eigenvalue weighted by atomic mass is 35.5. The number of benzene rings is 2. The van der Waals surface area contributed by atoms with E-state index < -0.39 is 17.7 Å².